The summed E-state index contributed by atoms with van der Waals surface area (Å²) in [5.74, 6) is -0.190. The molecular formula is C56H113N2O6P. The summed E-state index contributed by atoms with van der Waals surface area (Å²) in [5.41, 5.74) is 0. The van der Waals surface area contributed by atoms with Gasteiger partial charge < -0.3 is 28.8 Å². The van der Waals surface area contributed by atoms with Crippen molar-refractivity contribution in [1.82, 2.24) is 5.32 Å². The fourth-order valence-corrected chi connectivity index (χ4v) is 9.47. The average Bonchev–Trinajstić information content (AvgIpc) is 3.26. The summed E-state index contributed by atoms with van der Waals surface area (Å²) in [4.78, 5) is 25.5. The number of allylic oxidation sites excluding steroid dienone is 1. The number of quaternary nitrogens is 1. The first-order valence-corrected chi connectivity index (χ1v) is 30.0. The van der Waals surface area contributed by atoms with Gasteiger partial charge >= 0.3 is 0 Å². The number of unbranched alkanes of at least 4 members (excludes halogenated alkanes) is 40. The van der Waals surface area contributed by atoms with Crippen LogP contribution in [0.3, 0.4) is 0 Å². The van der Waals surface area contributed by atoms with Gasteiger partial charge in [0.1, 0.15) is 13.2 Å². The van der Waals surface area contributed by atoms with E-state index in [-0.39, 0.29) is 19.1 Å². The Morgan fingerprint density at radius 1 is 0.523 bits per heavy atom. The van der Waals surface area contributed by atoms with Gasteiger partial charge in [-0.1, -0.05) is 276 Å². The van der Waals surface area contributed by atoms with Crippen molar-refractivity contribution < 1.29 is 32.9 Å². The van der Waals surface area contributed by atoms with Crippen molar-refractivity contribution in [3.63, 3.8) is 0 Å². The van der Waals surface area contributed by atoms with Crippen LogP contribution < -0.4 is 10.2 Å². The number of phosphoric ester groups is 1. The second-order valence-corrected chi connectivity index (χ2v) is 22.4. The molecule has 8 nitrogen and oxygen atoms in total. The average molecular weight is 942 g/mol. The van der Waals surface area contributed by atoms with E-state index >= 15 is 0 Å². The molecule has 0 bridgehead atoms. The molecule has 3 atom stereocenters. The molecule has 0 saturated heterocycles. The van der Waals surface area contributed by atoms with Gasteiger partial charge in [-0.3, -0.25) is 9.36 Å². The zero-order chi connectivity index (χ0) is 47.8. The molecule has 3 unspecified atom stereocenters. The van der Waals surface area contributed by atoms with Crippen LogP contribution in [0.1, 0.15) is 290 Å². The Balaban J connectivity index is 4.20. The van der Waals surface area contributed by atoms with E-state index in [2.05, 4.69) is 19.2 Å². The molecule has 0 aliphatic rings. The number of aliphatic hydroxyl groups excluding tert-OH is 1. The number of hydrogen-bond donors (Lipinski definition) is 2. The number of aliphatic hydroxyl groups is 1. The molecule has 0 heterocycles. The van der Waals surface area contributed by atoms with Gasteiger partial charge in [-0.25, -0.2) is 0 Å². The molecular weight excluding hydrogens is 828 g/mol. The Labute approximate surface area is 405 Å². The fraction of sp³-hybridized carbons (Fsp3) is 0.946. The quantitative estimate of drug-likeness (QED) is 0.0272. The van der Waals surface area contributed by atoms with Crippen molar-refractivity contribution in [3.8, 4) is 0 Å². The molecule has 0 aromatic rings. The SMILES string of the molecule is CCCCCCCCCCCCCCCCCCCCCC/C=C/C(O)C(COP(=O)([O-])OCC[N+](C)(C)C)NC(=O)CCCCCCCCCCCCCCCCCCCCCCC. The molecule has 0 spiro atoms. The topological polar surface area (TPSA) is 108 Å². The first-order chi connectivity index (χ1) is 31.5. The number of carbonyl (C=O) groups is 1. The molecule has 0 fully saturated rings. The van der Waals surface area contributed by atoms with Crippen LogP contribution >= 0.6 is 7.82 Å². The number of nitrogens with zero attached hydrogens (tertiary/aromatic N) is 1. The minimum atomic E-state index is -4.59. The van der Waals surface area contributed by atoms with Crippen molar-refractivity contribution >= 4 is 13.7 Å². The van der Waals surface area contributed by atoms with Crippen molar-refractivity contribution in [2.45, 2.75) is 302 Å². The number of rotatable bonds is 53. The monoisotopic (exact) mass is 941 g/mol. The largest absolute Gasteiger partial charge is 0.756 e. The Morgan fingerprint density at radius 2 is 0.831 bits per heavy atom. The predicted octanol–water partition coefficient (Wildman–Crippen LogP) is 16.4. The van der Waals surface area contributed by atoms with Gasteiger partial charge in [0, 0.05) is 6.42 Å². The van der Waals surface area contributed by atoms with Gasteiger partial charge in [0.25, 0.3) is 7.82 Å². The summed E-state index contributed by atoms with van der Waals surface area (Å²) >= 11 is 0. The highest BCUT2D eigenvalue weighted by molar-refractivity contribution is 7.45. The van der Waals surface area contributed by atoms with Crippen LogP contribution in [0.25, 0.3) is 0 Å². The second kappa shape index (κ2) is 48.3. The van der Waals surface area contributed by atoms with E-state index in [1.807, 2.05) is 27.2 Å². The molecule has 0 aliphatic carbocycles. The number of nitrogens with one attached hydrogen (secondary N) is 1. The molecule has 9 heteroatoms. The van der Waals surface area contributed by atoms with Crippen LogP contribution in [-0.2, 0) is 18.4 Å². The van der Waals surface area contributed by atoms with Crippen molar-refractivity contribution in [2.24, 2.45) is 0 Å². The molecule has 0 aromatic carbocycles. The first-order valence-electron chi connectivity index (χ1n) is 28.6. The molecule has 0 radical (unpaired) electrons. The normalized spacial score (nSPS) is 14.0. The molecule has 388 valence electrons. The summed E-state index contributed by atoms with van der Waals surface area (Å²) in [6, 6.07) is -0.882. The second-order valence-electron chi connectivity index (χ2n) is 21.0. The van der Waals surface area contributed by atoms with Crippen molar-refractivity contribution in [3.05, 3.63) is 12.2 Å². The number of likely N-dealkylation sites (N-methyl/N-ethyl adjacent to an activating group) is 1. The number of carbonyl (C=O) groups excluding carboxylic acids is 1. The van der Waals surface area contributed by atoms with Crippen LogP contribution in [0.5, 0.6) is 0 Å². The van der Waals surface area contributed by atoms with E-state index in [1.54, 1.807) is 6.08 Å². The van der Waals surface area contributed by atoms with E-state index in [0.29, 0.717) is 17.4 Å². The van der Waals surface area contributed by atoms with Gasteiger partial charge in [-0.2, -0.15) is 0 Å². The Hall–Kier alpha value is -0.760. The highest BCUT2D eigenvalue weighted by Crippen LogP contribution is 2.38. The maximum absolute atomic E-state index is 13.0. The summed E-state index contributed by atoms with van der Waals surface area (Å²) in [6.07, 6.45) is 58.5. The van der Waals surface area contributed by atoms with Crippen LogP contribution in [0.15, 0.2) is 12.2 Å². The molecule has 0 rings (SSSR count). The highest BCUT2D eigenvalue weighted by atomic mass is 31.2. The van der Waals surface area contributed by atoms with Crippen molar-refractivity contribution in [1.29, 1.82) is 0 Å². The van der Waals surface area contributed by atoms with Crippen LogP contribution in [-0.4, -0.2) is 68.5 Å². The third kappa shape index (κ3) is 50.9. The molecule has 0 aromatic heterocycles. The summed E-state index contributed by atoms with van der Waals surface area (Å²) in [6.45, 7) is 4.70. The van der Waals surface area contributed by atoms with Gasteiger partial charge in [0.15, 0.2) is 0 Å². The fourth-order valence-electron chi connectivity index (χ4n) is 8.74. The molecule has 0 aliphatic heterocycles. The number of hydrogen-bond acceptors (Lipinski definition) is 6. The standard InChI is InChI=1S/C56H113N2O6P/c1-6-8-10-12-14-16-18-20-22-24-26-28-30-31-33-35-37-39-41-43-45-47-49-55(59)54(53-64-65(61,62)63-52-51-58(3,4)5)57-56(60)50-48-46-44-42-40-38-36-34-32-29-27-25-23-21-19-17-15-13-11-9-7-2/h47,49,54-55,59H,6-46,48,50-53H2,1-5H3,(H-,57,60,61,62)/b49-47+. The van der Waals surface area contributed by atoms with Gasteiger partial charge in [-0.05, 0) is 19.3 Å². The Bertz CT molecular complexity index is 1070. The van der Waals surface area contributed by atoms with Crippen LogP contribution in [0.4, 0.5) is 0 Å². The van der Waals surface area contributed by atoms with Crippen LogP contribution in [0, 0.1) is 0 Å². The minimum absolute atomic E-state index is 0.00269. The number of amides is 1. The smallest absolute Gasteiger partial charge is 0.268 e. The Kier molecular flexibility index (Phi) is 47.7. The highest BCUT2D eigenvalue weighted by Gasteiger charge is 2.23. The van der Waals surface area contributed by atoms with Crippen LogP contribution in [0.2, 0.25) is 0 Å². The predicted molar refractivity (Wildman–Crippen MR) is 279 cm³/mol. The van der Waals surface area contributed by atoms with E-state index in [1.165, 1.54) is 231 Å². The van der Waals surface area contributed by atoms with Gasteiger partial charge in [-0.15, -0.1) is 0 Å². The molecule has 65 heavy (non-hydrogen) atoms. The summed E-state index contributed by atoms with van der Waals surface area (Å²) in [5, 5.41) is 13.9. The molecule has 2 N–H and O–H groups in total. The zero-order valence-corrected chi connectivity index (χ0v) is 45.1. The Morgan fingerprint density at radius 3 is 1.15 bits per heavy atom. The van der Waals surface area contributed by atoms with E-state index in [0.717, 1.165) is 38.5 Å². The maximum atomic E-state index is 13.0. The van der Waals surface area contributed by atoms with E-state index < -0.39 is 20.0 Å². The number of phosphoric acid groups is 1. The van der Waals surface area contributed by atoms with Gasteiger partial charge in [0.2, 0.25) is 5.91 Å². The zero-order valence-electron chi connectivity index (χ0n) is 44.2. The third-order valence-corrected chi connectivity index (χ3v) is 14.2. The van der Waals surface area contributed by atoms with E-state index in [9.17, 15) is 19.4 Å². The molecule has 0 saturated carbocycles. The minimum Gasteiger partial charge on any atom is -0.756 e. The summed E-state index contributed by atoms with van der Waals surface area (Å²) < 4.78 is 23.4. The molecule has 1 amide bonds. The van der Waals surface area contributed by atoms with Gasteiger partial charge in [0.05, 0.1) is 39.9 Å². The lowest BCUT2D eigenvalue weighted by Gasteiger charge is -2.29. The lowest BCUT2D eigenvalue weighted by Crippen LogP contribution is -2.45. The first kappa shape index (κ1) is 64.2. The maximum Gasteiger partial charge on any atom is 0.268 e. The van der Waals surface area contributed by atoms with Crippen molar-refractivity contribution in [2.75, 3.05) is 40.9 Å². The lowest BCUT2D eigenvalue weighted by molar-refractivity contribution is -0.870. The van der Waals surface area contributed by atoms with E-state index in [4.69, 9.17) is 9.05 Å². The summed E-state index contributed by atoms with van der Waals surface area (Å²) in [7, 11) is 1.28. The lowest BCUT2D eigenvalue weighted by atomic mass is 10.0. The third-order valence-electron chi connectivity index (χ3n) is 13.2.